The third kappa shape index (κ3) is 5.09. The van der Waals surface area contributed by atoms with Gasteiger partial charge in [-0.05, 0) is 46.1 Å². The van der Waals surface area contributed by atoms with Gasteiger partial charge in [0, 0.05) is 37.2 Å². The number of rotatable bonds is 2. The first kappa shape index (κ1) is 23.0. The number of hydrogen-bond acceptors (Lipinski definition) is 3. The molecule has 3 aromatic heterocycles. The van der Waals surface area contributed by atoms with Gasteiger partial charge < -0.3 is 9.97 Å². The number of fused-ring (bicyclic) bond motifs is 3. The second kappa shape index (κ2) is 10.6. The molecule has 0 bridgehead atoms. The minimum atomic E-state index is 0. The van der Waals surface area contributed by atoms with Crippen molar-refractivity contribution in [1.82, 2.24) is 9.97 Å². The number of aryl methyl sites for hydroxylation is 1. The van der Waals surface area contributed by atoms with Crippen molar-refractivity contribution in [3.05, 3.63) is 121 Å². The Morgan fingerprint density at radius 3 is 2.30 bits per heavy atom. The van der Waals surface area contributed by atoms with E-state index in [9.17, 15) is 0 Å². The largest absolute Gasteiger partial charge is 0.305 e. The van der Waals surface area contributed by atoms with Crippen LogP contribution in [0.15, 0.2) is 103 Å². The molecule has 0 saturated heterocycles. The molecule has 6 aromatic rings. The fourth-order valence-electron chi connectivity index (χ4n) is 3.57. The summed E-state index contributed by atoms with van der Waals surface area (Å²) in [5.74, 6) is 0. The van der Waals surface area contributed by atoms with E-state index in [4.69, 9.17) is 0 Å². The van der Waals surface area contributed by atoms with Crippen LogP contribution in [0.2, 0.25) is 0 Å². The Balaban J connectivity index is 0.000000172. The molecule has 0 aliphatic carbocycles. The van der Waals surface area contributed by atoms with Crippen molar-refractivity contribution < 1.29 is 20.1 Å². The van der Waals surface area contributed by atoms with Crippen LogP contribution < -0.4 is 0 Å². The third-order valence-corrected chi connectivity index (χ3v) is 6.36. The molecule has 163 valence electrons. The zero-order valence-corrected chi connectivity index (χ0v) is 21.2. The smallest absolute Gasteiger partial charge is 0.0239 e. The second-order valence-electron chi connectivity index (χ2n) is 7.41. The summed E-state index contributed by atoms with van der Waals surface area (Å²) in [5, 5.41) is 2.61. The maximum Gasteiger partial charge on any atom is 0.0239 e. The summed E-state index contributed by atoms with van der Waals surface area (Å²) in [7, 11) is 0. The molecule has 3 aromatic carbocycles. The quantitative estimate of drug-likeness (QED) is 0.185. The molecule has 2 nitrogen and oxygen atoms in total. The van der Waals surface area contributed by atoms with Crippen molar-refractivity contribution in [3.63, 3.8) is 0 Å². The number of benzene rings is 3. The fourth-order valence-corrected chi connectivity index (χ4v) is 4.78. The summed E-state index contributed by atoms with van der Waals surface area (Å²) in [6.07, 6.45) is 3.70. The van der Waals surface area contributed by atoms with E-state index in [0.717, 1.165) is 22.5 Å². The molecule has 0 saturated carbocycles. The van der Waals surface area contributed by atoms with Crippen LogP contribution in [0.3, 0.4) is 0 Å². The second-order valence-corrected chi connectivity index (χ2v) is 8.46. The van der Waals surface area contributed by atoms with Crippen molar-refractivity contribution in [1.29, 1.82) is 0 Å². The number of aromatic nitrogens is 2. The average molecular weight is 621 g/mol. The summed E-state index contributed by atoms with van der Waals surface area (Å²) in [6.45, 7) is 2.06. The van der Waals surface area contributed by atoms with Crippen LogP contribution in [0.4, 0.5) is 0 Å². The molecule has 4 heteroatoms. The zero-order chi connectivity index (χ0) is 21.8. The van der Waals surface area contributed by atoms with E-state index in [-0.39, 0.29) is 20.1 Å². The van der Waals surface area contributed by atoms with Gasteiger partial charge in [-0.15, -0.1) is 59.7 Å². The summed E-state index contributed by atoms with van der Waals surface area (Å²) >= 11 is 1.82. The Kier molecular flexibility index (Phi) is 7.41. The molecule has 3 heterocycles. The van der Waals surface area contributed by atoms with Crippen LogP contribution in [0, 0.1) is 19.1 Å². The number of thiophene rings is 1. The molecule has 0 spiro atoms. The molecule has 33 heavy (non-hydrogen) atoms. The third-order valence-electron chi connectivity index (χ3n) is 5.16. The monoisotopic (exact) mass is 621 g/mol. The first-order chi connectivity index (χ1) is 15.8. The minimum Gasteiger partial charge on any atom is -0.305 e. The molecule has 6 rings (SSSR count). The van der Waals surface area contributed by atoms with Gasteiger partial charge in [0.25, 0.3) is 0 Å². The first-order valence-electron chi connectivity index (χ1n) is 10.4. The molecule has 0 aliphatic rings. The van der Waals surface area contributed by atoms with Gasteiger partial charge in [0.15, 0.2) is 0 Å². The normalized spacial score (nSPS) is 10.3. The summed E-state index contributed by atoms with van der Waals surface area (Å²) in [5.41, 5.74) is 5.28. The Hall–Kier alpha value is -3.17. The average Bonchev–Trinajstić information content (AvgIpc) is 3.25. The van der Waals surface area contributed by atoms with Gasteiger partial charge in [0.1, 0.15) is 0 Å². The van der Waals surface area contributed by atoms with E-state index in [1.165, 1.54) is 25.7 Å². The SMILES string of the molecule is Cc1ccc(-c2[c-]ccc3c2sc2ccccc23)nc1.[Ir].[c-]1ccccc1-c1ccccn1. The Morgan fingerprint density at radius 2 is 1.55 bits per heavy atom. The van der Waals surface area contributed by atoms with Gasteiger partial charge in [0.2, 0.25) is 0 Å². The van der Waals surface area contributed by atoms with Gasteiger partial charge in [-0.25, -0.2) is 0 Å². The van der Waals surface area contributed by atoms with Crippen LogP contribution >= 0.6 is 11.3 Å². The van der Waals surface area contributed by atoms with Crippen molar-refractivity contribution in [2.24, 2.45) is 0 Å². The Morgan fingerprint density at radius 1 is 0.697 bits per heavy atom. The first-order valence-corrected chi connectivity index (χ1v) is 11.2. The summed E-state index contributed by atoms with van der Waals surface area (Å²) in [4.78, 5) is 8.76. The maximum absolute atomic E-state index is 4.54. The van der Waals surface area contributed by atoms with E-state index >= 15 is 0 Å². The van der Waals surface area contributed by atoms with Crippen molar-refractivity contribution in [3.8, 4) is 22.5 Å². The Bertz CT molecular complexity index is 1420. The molecule has 0 aliphatic heterocycles. The fraction of sp³-hybridized carbons (Fsp3) is 0.0345. The number of nitrogens with zero attached hydrogens (tertiary/aromatic N) is 2. The van der Waals surface area contributed by atoms with E-state index in [1.54, 1.807) is 6.20 Å². The van der Waals surface area contributed by atoms with Crippen LogP contribution in [0.1, 0.15) is 5.56 Å². The van der Waals surface area contributed by atoms with Gasteiger partial charge >= 0.3 is 0 Å². The Labute approximate surface area is 211 Å². The van der Waals surface area contributed by atoms with Gasteiger partial charge in [-0.3, -0.25) is 0 Å². The molecule has 0 amide bonds. The minimum absolute atomic E-state index is 0. The topological polar surface area (TPSA) is 25.8 Å². The molecule has 0 atom stereocenters. The van der Waals surface area contributed by atoms with E-state index < -0.39 is 0 Å². The predicted molar refractivity (Wildman–Crippen MR) is 135 cm³/mol. The zero-order valence-electron chi connectivity index (χ0n) is 18.0. The number of pyridine rings is 2. The molecular formula is C29H20IrN2S-2. The predicted octanol–water partition coefficient (Wildman–Crippen LogP) is 7.77. The maximum atomic E-state index is 4.54. The molecular weight excluding hydrogens is 601 g/mol. The number of hydrogen-bond donors (Lipinski definition) is 0. The van der Waals surface area contributed by atoms with Crippen molar-refractivity contribution in [2.45, 2.75) is 6.92 Å². The van der Waals surface area contributed by atoms with Crippen LogP contribution in [0.5, 0.6) is 0 Å². The standard InChI is InChI=1S/C18H12NS.C11H8N.Ir/c1-12-9-10-16(19-11-12)15-7-4-6-14-13-5-2-3-8-17(13)20-18(14)15;1-2-6-10(7-3-1)11-8-4-5-9-12-11;/h2-6,8-11H,1H3;1-6,8-9H;/q2*-1;. The van der Waals surface area contributed by atoms with Gasteiger partial charge in [0.05, 0.1) is 0 Å². The van der Waals surface area contributed by atoms with Gasteiger partial charge in [-0.1, -0.05) is 47.9 Å². The molecule has 0 unspecified atom stereocenters. The summed E-state index contributed by atoms with van der Waals surface area (Å²) in [6, 6.07) is 37.0. The van der Waals surface area contributed by atoms with E-state index in [1.807, 2.05) is 66.1 Å². The van der Waals surface area contributed by atoms with E-state index in [0.29, 0.717) is 0 Å². The van der Waals surface area contributed by atoms with Crippen molar-refractivity contribution >= 4 is 31.5 Å². The van der Waals surface area contributed by atoms with Gasteiger partial charge in [-0.2, -0.15) is 11.3 Å². The van der Waals surface area contributed by atoms with E-state index in [2.05, 4.69) is 71.5 Å². The van der Waals surface area contributed by atoms with Crippen LogP contribution in [-0.2, 0) is 20.1 Å². The molecule has 0 N–H and O–H groups in total. The van der Waals surface area contributed by atoms with Crippen LogP contribution in [0.25, 0.3) is 42.7 Å². The summed E-state index contributed by atoms with van der Waals surface area (Å²) < 4.78 is 2.58. The molecule has 1 radical (unpaired) electrons. The molecule has 0 fully saturated rings. The van der Waals surface area contributed by atoms with Crippen molar-refractivity contribution in [2.75, 3.05) is 0 Å². The van der Waals surface area contributed by atoms with Crippen LogP contribution in [-0.4, -0.2) is 9.97 Å².